The first-order valence-electron chi connectivity index (χ1n) is 8.45. The lowest BCUT2D eigenvalue weighted by Crippen LogP contribution is -2.39. The second kappa shape index (κ2) is 8.96. The third kappa shape index (κ3) is 5.61. The average Bonchev–Trinajstić information content (AvgIpc) is 2.59. The van der Waals surface area contributed by atoms with E-state index in [9.17, 15) is 5.11 Å². The molecule has 4 nitrogen and oxygen atoms in total. The van der Waals surface area contributed by atoms with Gasteiger partial charge in [-0.2, -0.15) is 0 Å². The van der Waals surface area contributed by atoms with Crippen molar-refractivity contribution >= 4 is 5.96 Å². The Hall–Kier alpha value is -2.49. The van der Waals surface area contributed by atoms with E-state index in [1.54, 1.807) is 12.1 Å². The maximum Gasteiger partial charge on any atom is 0.191 e. The molecule has 0 saturated heterocycles. The van der Waals surface area contributed by atoms with Gasteiger partial charge in [-0.25, -0.2) is 4.99 Å². The van der Waals surface area contributed by atoms with Crippen LogP contribution < -0.4 is 10.6 Å². The first-order chi connectivity index (χ1) is 11.6. The largest absolute Gasteiger partial charge is 0.508 e. The molecule has 0 aliphatic heterocycles. The van der Waals surface area contributed by atoms with Crippen molar-refractivity contribution in [1.82, 2.24) is 10.6 Å². The fourth-order valence-electron chi connectivity index (χ4n) is 2.38. The highest BCUT2D eigenvalue weighted by Gasteiger charge is 2.06. The zero-order valence-electron chi connectivity index (χ0n) is 14.7. The molecule has 0 aliphatic rings. The number of hydrogen-bond donors (Lipinski definition) is 3. The van der Waals surface area contributed by atoms with Crippen LogP contribution >= 0.6 is 0 Å². The maximum absolute atomic E-state index is 9.33. The third-order valence-electron chi connectivity index (χ3n) is 3.92. The van der Waals surface area contributed by atoms with Crippen LogP contribution in [0.2, 0.25) is 0 Å². The molecule has 0 fully saturated rings. The van der Waals surface area contributed by atoms with Gasteiger partial charge in [0.1, 0.15) is 5.75 Å². The summed E-state index contributed by atoms with van der Waals surface area (Å²) in [4.78, 5) is 4.61. The highest BCUT2D eigenvalue weighted by atomic mass is 16.3. The summed E-state index contributed by atoms with van der Waals surface area (Å²) >= 11 is 0. The molecule has 0 aliphatic carbocycles. The Bertz CT molecular complexity index is 648. The van der Waals surface area contributed by atoms with Crippen LogP contribution in [-0.4, -0.2) is 24.2 Å². The zero-order valence-corrected chi connectivity index (χ0v) is 14.7. The summed E-state index contributed by atoms with van der Waals surface area (Å²) in [6.45, 7) is 8.59. The van der Waals surface area contributed by atoms with Gasteiger partial charge in [0.05, 0.1) is 6.54 Å². The van der Waals surface area contributed by atoms with Crippen LogP contribution in [0.4, 0.5) is 0 Å². The number of hydrogen-bond acceptors (Lipinski definition) is 2. The molecule has 3 N–H and O–H groups in total. The minimum atomic E-state index is 0.277. The van der Waals surface area contributed by atoms with Crippen molar-refractivity contribution in [2.24, 2.45) is 4.99 Å². The van der Waals surface area contributed by atoms with Gasteiger partial charge in [-0.3, -0.25) is 0 Å². The van der Waals surface area contributed by atoms with Gasteiger partial charge in [0.15, 0.2) is 5.96 Å². The van der Waals surface area contributed by atoms with E-state index in [0.717, 1.165) is 24.6 Å². The smallest absolute Gasteiger partial charge is 0.191 e. The summed E-state index contributed by atoms with van der Waals surface area (Å²) in [5, 5.41) is 16.0. The summed E-state index contributed by atoms with van der Waals surface area (Å²) in [6, 6.07) is 15.8. The van der Waals surface area contributed by atoms with Crippen LogP contribution in [0.25, 0.3) is 0 Å². The summed E-state index contributed by atoms with van der Waals surface area (Å²) in [6.07, 6.45) is 0. The molecule has 1 unspecified atom stereocenters. The van der Waals surface area contributed by atoms with E-state index in [2.05, 4.69) is 60.7 Å². The number of phenols is 1. The fraction of sp³-hybridized carbons (Fsp3) is 0.350. The average molecular weight is 325 g/mol. The third-order valence-corrected chi connectivity index (χ3v) is 3.92. The van der Waals surface area contributed by atoms with E-state index in [1.165, 1.54) is 11.1 Å². The Morgan fingerprint density at radius 3 is 2.33 bits per heavy atom. The highest BCUT2D eigenvalue weighted by molar-refractivity contribution is 5.79. The molecule has 2 aromatic rings. The zero-order chi connectivity index (χ0) is 17.4. The first kappa shape index (κ1) is 17.9. The van der Waals surface area contributed by atoms with E-state index in [0.29, 0.717) is 12.5 Å². The summed E-state index contributed by atoms with van der Waals surface area (Å²) in [5.74, 6) is 1.49. The van der Waals surface area contributed by atoms with Crippen LogP contribution in [0.15, 0.2) is 53.5 Å². The molecule has 0 saturated carbocycles. The minimum Gasteiger partial charge on any atom is -0.508 e. The maximum atomic E-state index is 9.33. The molecule has 128 valence electrons. The van der Waals surface area contributed by atoms with Crippen molar-refractivity contribution in [3.05, 3.63) is 65.2 Å². The Kier molecular flexibility index (Phi) is 6.67. The molecule has 0 spiro atoms. The van der Waals surface area contributed by atoms with Gasteiger partial charge in [-0.15, -0.1) is 0 Å². The Labute approximate surface area is 144 Å². The van der Waals surface area contributed by atoms with Gasteiger partial charge >= 0.3 is 0 Å². The van der Waals surface area contributed by atoms with Gasteiger partial charge in [-0.1, -0.05) is 48.9 Å². The quantitative estimate of drug-likeness (QED) is 0.562. The molecule has 0 radical (unpaired) electrons. The number of nitrogens with zero attached hydrogens (tertiary/aromatic N) is 1. The number of nitrogens with one attached hydrogen (secondary N) is 2. The topological polar surface area (TPSA) is 56.7 Å². The van der Waals surface area contributed by atoms with Crippen molar-refractivity contribution in [2.75, 3.05) is 13.1 Å². The first-order valence-corrected chi connectivity index (χ1v) is 8.45. The summed E-state index contributed by atoms with van der Waals surface area (Å²) < 4.78 is 0. The van der Waals surface area contributed by atoms with Crippen molar-refractivity contribution < 1.29 is 5.11 Å². The van der Waals surface area contributed by atoms with Crippen LogP contribution in [0, 0.1) is 6.92 Å². The van der Waals surface area contributed by atoms with E-state index >= 15 is 0 Å². The van der Waals surface area contributed by atoms with E-state index in [-0.39, 0.29) is 5.75 Å². The second-order valence-corrected chi connectivity index (χ2v) is 6.05. The minimum absolute atomic E-state index is 0.277. The molecule has 0 bridgehead atoms. The number of aryl methyl sites for hydroxylation is 1. The molecular weight excluding hydrogens is 298 g/mol. The lowest BCUT2D eigenvalue weighted by atomic mass is 10.0. The van der Waals surface area contributed by atoms with Gasteiger partial charge in [-0.05, 0) is 43.0 Å². The van der Waals surface area contributed by atoms with Gasteiger partial charge in [0.25, 0.3) is 0 Å². The van der Waals surface area contributed by atoms with Crippen LogP contribution in [-0.2, 0) is 6.54 Å². The molecular formula is C20H27N3O. The molecule has 0 aromatic heterocycles. The Morgan fingerprint density at radius 1 is 1.04 bits per heavy atom. The normalized spacial score (nSPS) is 12.7. The Balaban J connectivity index is 1.93. The van der Waals surface area contributed by atoms with Crippen LogP contribution in [0.1, 0.15) is 36.5 Å². The summed E-state index contributed by atoms with van der Waals surface area (Å²) in [5.41, 5.74) is 3.67. The Morgan fingerprint density at radius 2 is 1.71 bits per heavy atom. The van der Waals surface area contributed by atoms with E-state index < -0.39 is 0 Å². The molecule has 0 amide bonds. The van der Waals surface area contributed by atoms with Crippen LogP contribution in [0.3, 0.4) is 0 Å². The number of guanidine groups is 1. The predicted molar refractivity (Wildman–Crippen MR) is 101 cm³/mol. The van der Waals surface area contributed by atoms with E-state index in [4.69, 9.17) is 0 Å². The number of phenolic OH excluding ortho intramolecular Hbond substituents is 1. The monoisotopic (exact) mass is 325 g/mol. The van der Waals surface area contributed by atoms with Crippen LogP contribution in [0.5, 0.6) is 5.75 Å². The predicted octanol–water partition coefficient (Wildman–Crippen LogP) is 3.56. The second-order valence-electron chi connectivity index (χ2n) is 6.05. The van der Waals surface area contributed by atoms with Gasteiger partial charge in [0, 0.05) is 13.1 Å². The molecule has 1 atom stereocenters. The van der Waals surface area contributed by atoms with Crippen molar-refractivity contribution in [2.45, 2.75) is 33.2 Å². The van der Waals surface area contributed by atoms with Crippen molar-refractivity contribution in [3.8, 4) is 5.75 Å². The van der Waals surface area contributed by atoms with Gasteiger partial charge < -0.3 is 15.7 Å². The summed E-state index contributed by atoms with van der Waals surface area (Å²) in [7, 11) is 0. The highest BCUT2D eigenvalue weighted by Crippen LogP contribution is 2.15. The lowest BCUT2D eigenvalue weighted by Gasteiger charge is -2.16. The molecule has 4 heteroatoms. The standard InChI is InChI=1S/C20H27N3O/c1-4-21-20(23-14-17-7-11-19(24)12-8-17)22-13-16(3)18-9-5-15(2)6-10-18/h5-12,16,24H,4,13-14H2,1-3H3,(H2,21,22,23). The molecule has 2 rings (SSSR count). The fourth-order valence-corrected chi connectivity index (χ4v) is 2.38. The van der Waals surface area contributed by atoms with E-state index in [1.807, 2.05) is 12.1 Å². The number of rotatable bonds is 6. The van der Waals surface area contributed by atoms with Crippen molar-refractivity contribution in [3.63, 3.8) is 0 Å². The van der Waals surface area contributed by atoms with Gasteiger partial charge in [0.2, 0.25) is 0 Å². The van der Waals surface area contributed by atoms with Crippen molar-refractivity contribution in [1.29, 1.82) is 0 Å². The lowest BCUT2D eigenvalue weighted by molar-refractivity contribution is 0.475. The SMILES string of the molecule is CCNC(=NCc1ccc(O)cc1)NCC(C)c1ccc(C)cc1. The molecule has 24 heavy (non-hydrogen) atoms. The number of aromatic hydroxyl groups is 1. The number of benzene rings is 2. The number of aliphatic imine (C=N–C) groups is 1. The molecule has 0 heterocycles. The molecule has 2 aromatic carbocycles.